The predicted octanol–water partition coefficient (Wildman–Crippen LogP) is 2.07. The minimum Gasteiger partial charge on any atom is -0.481 e. The smallest absolute Gasteiger partial charge is 0.260 e. The number of aliphatic hydroxyl groups excluding tert-OH is 1. The summed E-state index contributed by atoms with van der Waals surface area (Å²) < 4.78 is 5.58. The number of ether oxygens (including phenoxy) is 1. The van der Waals surface area contributed by atoms with Crippen LogP contribution in [0.4, 0.5) is 0 Å². The van der Waals surface area contributed by atoms with Gasteiger partial charge in [-0.15, -0.1) is 0 Å². The zero-order valence-corrected chi connectivity index (χ0v) is 14.3. The van der Waals surface area contributed by atoms with Gasteiger partial charge in [-0.05, 0) is 50.9 Å². The minimum absolute atomic E-state index is 0.126. The molecule has 1 unspecified atom stereocenters. The van der Waals surface area contributed by atoms with Crippen LogP contribution in [0.2, 0.25) is 5.02 Å². The first kappa shape index (κ1) is 18.0. The van der Waals surface area contributed by atoms with Gasteiger partial charge >= 0.3 is 0 Å². The molecule has 1 heterocycles. The van der Waals surface area contributed by atoms with Crippen molar-refractivity contribution in [3.05, 3.63) is 29.3 Å². The Bertz CT molecular complexity index is 504. The number of hydrogen-bond acceptors (Lipinski definition) is 4. The lowest BCUT2D eigenvalue weighted by molar-refractivity contribution is -0.127. The molecule has 6 heteroatoms. The summed E-state index contributed by atoms with van der Waals surface area (Å²) >= 11 is 5.89. The fourth-order valence-corrected chi connectivity index (χ4v) is 2.78. The second kappa shape index (κ2) is 9.11. The lowest BCUT2D eigenvalue weighted by atomic mass is 10.1. The van der Waals surface area contributed by atoms with Crippen LogP contribution in [-0.4, -0.2) is 54.3 Å². The van der Waals surface area contributed by atoms with Crippen molar-refractivity contribution in [2.45, 2.75) is 38.4 Å². The van der Waals surface area contributed by atoms with Gasteiger partial charge in [-0.25, -0.2) is 0 Å². The summed E-state index contributed by atoms with van der Waals surface area (Å²) in [7, 11) is 0. The molecule has 23 heavy (non-hydrogen) atoms. The molecule has 0 aliphatic carbocycles. The van der Waals surface area contributed by atoms with E-state index in [9.17, 15) is 9.90 Å². The molecule has 1 aliphatic rings. The third-order valence-electron chi connectivity index (χ3n) is 3.99. The van der Waals surface area contributed by atoms with E-state index in [-0.39, 0.29) is 12.0 Å². The first-order valence-electron chi connectivity index (χ1n) is 8.15. The molecule has 1 fully saturated rings. The molecule has 128 valence electrons. The Morgan fingerprint density at radius 1 is 1.48 bits per heavy atom. The molecule has 2 N–H and O–H groups in total. The number of nitrogens with one attached hydrogen (secondary N) is 1. The molecular formula is C17H25ClN2O3. The lowest BCUT2D eigenvalue weighted by Gasteiger charge is -2.29. The molecule has 0 spiro atoms. The van der Waals surface area contributed by atoms with Gasteiger partial charge in [-0.2, -0.15) is 0 Å². The number of piperidine rings is 1. The summed E-state index contributed by atoms with van der Waals surface area (Å²) in [5.41, 5.74) is 0. The normalized spacial score (nSPS) is 17.7. The number of halogens is 1. The van der Waals surface area contributed by atoms with Gasteiger partial charge in [0.15, 0.2) is 6.10 Å². The number of rotatable bonds is 7. The Hall–Kier alpha value is -1.30. The van der Waals surface area contributed by atoms with Crippen LogP contribution < -0.4 is 10.1 Å². The molecule has 0 radical (unpaired) electrons. The van der Waals surface area contributed by atoms with E-state index in [2.05, 4.69) is 10.2 Å². The number of benzene rings is 1. The van der Waals surface area contributed by atoms with Gasteiger partial charge in [0.2, 0.25) is 0 Å². The van der Waals surface area contributed by atoms with Crippen molar-refractivity contribution in [3.63, 3.8) is 0 Å². The third kappa shape index (κ3) is 6.37. The van der Waals surface area contributed by atoms with Crippen LogP contribution in [0.1, 0.15) is 26.2 Å². The molecule has 0 aromatic heterocycles. The van der Waals surface area contributed by atoms with E-state index in [0.29, 0.717) is 17.3 Å². The maximum Gasteiger partial charge on any atom is 0.260 e. The molecule has 1 aromatic rings. The van der Waals surface area contributed by atoms with Crippen LogP contribution in [0, 0.1) is 0 Å². The highest BCUT2D eigenvalue weighted by molar-refractivity contribution is 6.30. The van der Waals surface area contributed by atoms with Crippen molar-refractivity contribution < 1.29 is 14.6 Å². The Labute approximate surface area is 142 Å². The second-order valence-corrected chi connectivity index (χ2v) is 6.37. The van der Waals surface area contributed by atoms with E-state index >= 15 is 0 Å². The van der Waals surface area contributed by atoms with Gasteiger partial charge in [0.05, 0.1) is 6.10 Å². The molecule has 1 atom stereocenters. The van der Waals surface area contributed by atoms with Crippen molar-refractivity contribution in [3.8, 4) is 5.75 Å². The van der Waals surface area contributed by atoms with E-state index < -0.39 is 6.10 Å². The SMILES string of the molecule is CC(Oc1cccc(Cl)c1)C(=O)NCCCN1CCC(O)CC1. The average molecular weight is 341 g/mol. The van der Waals surface area contributed by atoms with Crippen LogP contribution in [0.15, 0.2) is 24.3 Å². The highest BCUT2D eigenvalue weighted by atomic mass is 35.5. The number of hydrogen-bond donors (Lipinski definition) is 2. The maximum absolute atomic E-state index is 12.0. The molecule has 0 bridgehead atoms. The molecule has 1 saturated heterocycles. The van der Waals surface area contributed by atoms with Gasteiger partial charge in [0, 0.05) is 24.7 Å². The molecule has 1 aliphatic heterocycles. The Balaban J connectivity index is 1.62. The quantitative estimate of drug-likeness (QED) is 0.746. The molecule has 0 saturated carbocycles. The maximum atomic E-state index is 12.0. The Kier molecular flexibility index (Phi) is 7.15. The first-order chi connectivity index (χ1) is 11.0. The van der Waals surface area contributed by atoms with Gasteiger partial charge < -0.3 is 20.1 Å². The van der Waals surface area contributed by atoms with Crippen molar-refractivity contribution in [1.29, 1.82) is 0 Å². The highest BCUT2D eigenvalue weighted by Crippen LogP contribution is 2.18. The zero-order valence-electron chi connectivity index (χ0n) is 13.5. The summed E-state index contributed by atoms with van der Waals surface area (Å²) in [5.74, 6) is 0.464. The van der Waals surface area contributed by atoms with Crippen LogP contribution in [0.25, 0.3) is 0 Å². The van der Waals surface area contributed by atoms with E-state index in [1.165, 1.54) is 0 Å². The summed E-state index contributed by atoms with van der Waals surface area (Å²) in [6, 6.07) is 7.02. The fourth-order valence-electron chi connectivity index (χ4n) is 2.60. The number of amides is 1. The first-order valence-corrected chi connectivity index (χ1v) is 8.53. The van der Waals surface area contributed by atoms with E-state index in [4.69, 9.17) is 16.3 Å². The van der Waals surface area contributed by atoms with Crippen molar-refractivity contribution in [1.82, 2.24) is 10.2 Å². The van der Waals surface area contributed by atoms with Gasteiger partial charge in [0.1, 0.15) is 5.75 Å². The van der Waals surface area contributed by atoms with E-state index in [1.54, 1.807) is 31.2 Å². The van der Waals surface area contributed by atoms with E-state index in [0.717, 1.165) is 38.9 Å². The van der Waals surface area contributed by atoms with Crippen LogP contribution in [0.5, 0.6) is 5.75 Å². The van der Waals surface area contributed by atoms with Crippen molar-refractivity contribution in [2.75, 3.05) is 26.2 Å². The van der Waals surface area contributed by atoms with Crippen molar-refractivity contribution in [2.24, 2.45) is 0 Å². The summed E-state index contributed by atoms with van der Waals surface area (Å²) in [5, 5.41) is 12.9. The Morgan fingerprint density at radius 3 is 2.91 bits per heavy atom. The number of carbonyl (C=O) groups is 1. The second-order valence-electron chi connectivity index (χ2n) is 5.93. The zero-order chi connectivity index (χ0) is 16.7. The van der Waals surface area contributed by atoms with Gasteiger partial charge in [-0.3, -0.25) is 4.79 Å². The van der Waals surface area contributed by atoms with E-state index in [1.807, 2.05) is 0 Å². The number of carbonyl (C=O) groups excluding carboxylic acids is 1. The monoisotopic (exact) mass is 340 g/mol. The molecule has 1 aromatic carbocycles. The Morgan fingerprint density at radius 2 is 2.22 bits per heavy atom. The van der Waals surface area contributed by atoms with Gasteiger partial charge in [0.25, 0.3) is 5.91 Å². The van der Waals surface area contributed by atoms with Crippen LogP contribution in [0.3, 0.4) is 0 Å². The minimum atomic E-state index is -0.557. The van der Waals surface area contributed by atoms with Crippen LogP contribution in [-0.2, 0) is 4.79 Å². The largest absolute Gasteiger partial charge is 0.481 e. The lowest BCUT2D eigenvalue weighted by Crippen LogP contribution is -2.39. The van der Waals surface area contributed by atoms with Crippen molar-refractivity contribution >= 4 is 17.5 Å². The fraction of sp³-hybridized carbons (Fsp3) is 0.588. The number of likely N-dealkylation sites (tertiary alicyclic amines) is 1. The van der Waals surface area contributed by atoms with Gasteiger partial charge in [-0.1, -0.05) is 17.7 Å². The highest BCUT2D eigenvalue weighted by Gasteiger charge is 2.17. The average Bonchev–Trinajstić information content (AvgIpc) is 2.53. The number of aliphatic hydroxyl groups is 1. The predicted molar refractivity (Wildman–Crippen MR) is 90.8 cm³/mol. The molecule has 1 amide bonds. The third-order valence-corrected chi connectivity index (χ3v) is 4.22. The van der Waals surface area contributed by atoms with Crippen LogP contribution >= 0.6 is 11.6 Å². The summed E-state index contributed by atoms with van der Waals surface area (Å²) in [6.45, 7) is 5.16. The standard InChI is InChI=1S/C17H25ClN2O3/c1-13(23-16-5-2-4-14(18)12-16)17(22)19-8-3-9-20-10-6-15(21)7-11-20/h2,4-5,12-13,15,21H,3,6-11H2,1H3,(H,19,22). The summed E-state index contributed by atoms with van der Waals surface area (Å²) in [6.07, 6.45) is 1.88. The molecular weight excluding hydrogens is 316 g/mol. The number of nitrogens with zero attached hydrogens (tertiary/aromatic N) is 1. The summed E-state index contributed by atoms with van der Waals surface area (Å²) in [4.78, 5) is 14.3. The topological polar surface area (TPSA) is 61.8 Å². The molecule has 2 rings (SSSR count). The molecule has 5 nitrogen and oxygen atoms in total.